The van der Waals surface area contributed by atoms with E-state index in [9.17, 15) is 4.79 Å². The molecule has 2 aromatic carbocycles. The Labute approximate surface area is 233 Å². The molecular formula is C31H46O8. The van der Waals surface area contributed by atoms with Gasteiger partial charge in [-0.1, -0.05) is 12.8 Å². The Hall–Kier alpha value is -2.65. The summed E-state index contributed by atoms with van der Waals surface area (Å²) >= 11 is 0. The molecule has 2 atom stereocenters. The molecule has 0 saturated carbocycles. The van der Waals surface area contributed by atoms with Crippen LogP contribution in [0.4, 0.5) is 0 Å². The first kappa shape index (κ1) is 32.6. The fraction of sp³-hybridized carbons (Fsp3) is 0.581. The summed E-state index contributed by atoms with van der Waals surface area (Å²) in [4.78, 5) is 12.5. The zero-order valence-electron chi connectivity index (χ0n) is 23.5. The van der Waals surface area contributed by atoms with Crippen molar-refractivity contribution in [1.29, 1.82) is 0 Å². The van der Waals surface area contributed by atoms with E-state index in [0.717, 1.165) is 62.9 Å². The molecule has 2 N–H and O–H groups in total. The molecule has 0 aliphatic rings. The van der Waals surface area contributed by atoms with E-state index in [-0.39, 0.29) is 0 Å². The molecule has 8 heteroatoms. The average molecular weight is 547 g/mol. The Kier molecular flexibility index (Phi) is 16.9. The Bertz CT molecular complexity index is 880. The van der Waals surface area contributed by atoms with E-state index in [1.54, 1.807) is 62.4 Å². The summed E-state index contributed by atoms with van der Waals surface area (Å²) in [5.74, 6) is 1.49. The molecule has 0 spiro atoms. The van der Waals surface area contributed by atoms with Gasteiger partial charge in [0, 0.05) is 13.2 Å². The number of aliphatic hydroxyl groups excluding tert-OH is 2. The van der Waals surface area contributed by atoms with Gasteiger partial charge in [0.15, 0.2) is 0 Å². The summed E-state index contributed by atoms with van der Waals surface area (Å²) in [6.07, 6.45) is 7.26. The maximum Gasteiger partial charge on any atom is 0.343 e. The van der Waals surface area contributed by atoms with Crippen molar-refractivity contribution < 1.29 is 38.7 Å². The first-order valence-corrected chi connectivity index (χ1v) is 14.1. The first-order valence-electron chi connectivity index (χ1n) is 14.1. The highest BCUT2D eigenvalue weighted by Gasteiger charge is 2.09. The summed E-state index contributed by atoms with van der Waals surface area (Å²) in [5, 5.41) is 18.3. The van der Waals surface area contributed by atoms with Gasteiger partial charge < -0.3 is 33.9 Å². The van der Waals surface area contributed by atoms with E-state index in [0.29, 0.717) is 51.0 Å². The SMILES string of the molecule is CC(O)COCCCCCCOc1ccc(OC(=O)c2ccc(OCCCCCCOCC(C)O)cc2)cc1. The lowest BCUT2D eigenvalue weighted by molar-refractivity contribution is 0.0444. The molecule has 8 nitrogen and oxygen atoms in total. The smallest absolute Gasteiger partial charge is 0.343 e. The van der Waals surface area contributed by atoms with Crippen molar-refractivity contribution in [1.82, 2.24) is 0 Å². The normalized spacial score (nSPS) is 12.6. The number of carbonyl (C=O) groups is 1. The zero-order chi connectivity index (χ0) is 28.1. The van der Waals surface area contributed by atoms with Gasteiger partial charge >= 0.3 is 5.97 Å². The van der Waals surface area contributed by atoms with Crippen molar-refractivity contribution in [2.75, 3.05) is 39.6 Å². The zero-order valence-corrected chi connectivity index (χ0v) is 23.5. The molecular weight excluding hydrogens is 500 g/mol. The molecule has 0 fully saturated rings. The highest BCUT2D eigenvalue weighted by molar-refractivity contribution is 5.91. The van der Waals surface area contributed by atoms with E-state index in [1.165, 1.54) is 0 Å². The molecule has 0 heterocycles. The van der Waals surface area contributed by atoms with Crippen molar-refractivity contribution >= 4 is 5.97 Å². The van der Waals surface area contributed by atoms with Crippen LogP contribution >= 0.6 is 0 Å². The molecule has 0 bridgehead atoms. The quantitative estimate of drug-likeness (QED) is 0.112. The van der Waals surface area contributed by atoms with Crippen LogP contribution in [0.1, 0.15) is 75.6 Å². The summed E-state index contributed by atoms with van der Waals surface area (Å²) in [6, 6.07) is 14.0. The molecule has 2 rings (SSSR count). The summed E-state index contributed by atoms with van der Waals surface area (Å²) in [7, 11) is 0. The van der Waals surface area contributed by atoms with Crippen LogP contribution in [0, 0.1) is 0 Å². The minimum Gasteiger partial charge on any atom is -0.494 e. The molecule has 0 radical (unpaired) electrons. The summed E-state index contributed by atoms with van der Waals surface area (Å²) in [6.45, 7) is 6.80. The Morgan fingerprint density at radius 1 is 0.590 bits per heavy atom. The predicted octanol–water partition coefficient (Wildman–Crippen LogP) is 5.58. The monoisotopic (exact) mass is 546 g/mol. The number of rotatable bonds is 22. The Morgan fingerprint density at radius 3 is 1.41 bits per heavy atom. The van der Waals surface area contributed by atoms with Crippen molar-refractivity contribution in [3.63, 3.8) is 0 Å². The molecule has 2 aromatic rings. The van der Waals surface area contributed by atoms with Crippen LogP contribution in [-0.2, 0) is 9.47 Å². The Morgan fingerprint density at radius 2 is 0.974 bits per heavy atom. The van der Waals surface area contributed by atoms with Crippen LogP contribution in [0.5, 0.6) is 17.2 Å². The molecule has 2 unspecified atom stereocenters. The van der Waals surface area contributed by atoms with Gasteiger partial charge in [-0.3, -0.25) is 0 Å². The van der Waals surface area contributed by atoms with E-state index in [1.807, 2.05) is 0 Å². The molecule has 218 valence electrons. The molecule has 39 heavy (non-hydrogen) atoms. The summed E-state index contributed by atoms with van der Waals surface area (Å²) < 4.78 is 27.7. The van der Waals surface area contributed by atoms with Crippen molar-refractivity contribution in [2.45, 2.75) is 77.4 Å². The van der Waals surface area contributed by atoms with Gasteiger partial charge in [-0.15, -0.1) is 0 Å². The van der Waals surface area contributed by atoms with E-state index < -0.39 is 18.2 Å². The third-order valence-electron chi connectivity index (χ3n) is 5.75. The van der Waals surface area contributed by atoms with Gasteiger partial charge in [-0.2, -0.15) is 0 Å². The fourth-order valence-electron chi connectivity index (χ4n) is 3.66. The van der Waals surface area contributed by atoms with Gasteiger partial charge in [-0.25, -0.2) is 4.79 Å². The third kappa shape index (κ3) is 16.1. The van der Waals surface area contributed by atoms with Crippen LogP contribution < -0.4 is 14.2 Å². The van der Waals surface area contributed by atoms with Crippen LogP contribution in [0.3, 0.4) is 0 Å². The maximum atomic E-state index is 12.5. The number of esters is 1. The second-order valence-corrected chi connectivity index (χ2v) is 9.76. The van der Waals surface area contributed by atoms with Gasteiger partial charge in [0.05, 0.1) is 44.2 Å². The van der Waals surface area contributed by atoms with E-state index in [4.69, 9.17) is 33.9 Å². The molecule has 0 aromatic heterocycles. The van der Waals surface area contributed by atoms with Gasteiger partial charge in [0.1, 0.15) is 17.2 Å². The largest absolute Gasteiger partial charge is 0.494 e. The lowest BCUT2D eigenvalue weighted by atomic mass is 10.2. The maximum absolute atomic E-state index is 12.5. The van der Waals surface area contributed by atoms with Crippen LogP contribution in [0.2, 0.25) is 0 Å². The average Bonchev–Trinajstić information content (AvgIpc) is 2.92. The third-order valence-corrected chi connectivity index (χ3v) is 5.75. The molecule has 0 aliphatic carbocycles. The lowest BCUT2D eigenvalue weighted by Gasteiger charge is -2.09. The van der Waals surface area contributed by atoms with Gasteiger partial charge in [-0.05, 0) is 101 Å². The predicted molar refractivity (Wildman–Crippen MR) is 151 cm³/mol. The van der Waals surface area contributed by atoms with E-state index in [2.05, 4.69) is 0 Å². The minimum absolute atomic E-state index is 0.389. The second-order valence-electron chi connectivity index (χ2n) is 9.76. The van der Waals surface area contributed by atoms with Crippen LogP contribution in [0.25, 0.3) is 0 Å². The first-order chi connectivity index (χ1) is 18.9. The molecule has 0 amide bonds. The van der Waals surface area contributed by atoms with Crippen molar-refractivity contribution in [3.05, 3.63) is 54.1 Å². The van der Waals surface area contributed by atoms with E-state index >= 15 is 0 Å². The van der Waals surface area contributed by atoms with Crippen molar-refractivity contribution in [3.8, 4) is 17.2 Å². The number of hydrogen-bond acceptors (Lipinski definition) is 8. The second kappa shape index (κ2) is 20.3. The minimum atomic E-state index is -0.426. The van der Waals surface area contributed by atoms with Crippen LogP contribution in [0.15, 0.2) is 48.5 Å². The molecule has 0 aliphatic heterocycles. The molecule has 0 saturated heterocycles. The van der Waals surface area contributed by atoms with Gasteiger partial charge in [0.2, 0.25) is 0 Å². The van der Waals surface area contributed by atoms with Crippen molar-refractivity contribution in [2.24, 2.45) is 0 Å². The highest BCUT2D eigenvalue weighted by atomic mass is 16.5. The summed E-state index contributed by atoms with van der Waals surface area (Å²) in [5.41, 5.74) is 0.455. The number of carbonyl (C=O) groups excluding carboxylic acids is 1. The standard InChI is InChI=1S/C31H46O8/c1-25(32)23-35-19-7-3-5-9-21-37-28-13-11-27(12-14-28)31(34)39-30-17-15-29(16-18-30)38-22-10-6-4-8-20-36-24-26(2)33/h11-18,25-26,32-33H,3-10,19-24H2,1-2H3. The topological polar surface area (TPSA) is 104 Å². The number of ether oxygens (including phenoxy) is 5. The lowest BCUT2D eigenvalue weighted by Crippen LogP contribution is -2.10. The number of hydrogen-bond donors (Lipinski definition) is 2. The van der Waals surface area contributed by atoms with Gasteiger partial charge in [0.25, 0.3) is 0 Å². The Balaban J connectivity index is 1.56. The fourth-order valence-corrected chi connectivity index (χ4v) is 3.66. The highest BCUT2D eigenvalue weighted by Crippen LogP contribution is 2.20. The number of benzene rings is 2. The number of aliphatic hydroxyl groups is 2. The van der Waals surface area contributed by atoms with Crippen LogP contribution in [-0.4, -0.2) is 68.0 Å². The number of unbranched alkanes of at least 4 members (excludes halogenated alkanes) is 6.